The van der Waals surface area contributed by atoms with E-state index in [9.17, 15) is 0 Å². The van der Waals surface area contributed by atoms with Gasteiger partial charge in [0.15, 0.2) is 0 Å². The fourth-order valence-corrected chi connectivity index (χ4v) is 3.05. The molecule has 0 nitrogen and oxygen atoms in total. The quantitative estimate of drug-likeness (QED) is 0.617. The molecule has 0 saturated carbocycles. The molecule has 0 aromatic carbocycles. The number of hydrogen-bond donors (Lipinski definition) is 0. The van der Waals surface area contributed by atoms with E-state index < -0.39 is 0 Å². The minimum atomic E-state index is 0.0265. The Hall–Kier alpha value is 0.0500. The Bertz CT molecular complexity index is 189. The van der Waals surface area contributed by atoms with Crippen LogP contribution in [-0.2, 0) is 20.6 Å². The maximum atomic E-state index is 5.16. The van der Waals surface area contributed by atoms with Crippen LogP contribution in [0.3, 0.4) is 0 Å². The van der Waals surface area contributed by atoms with Gasteiger partial charge in [-0.1, -0.05) is 23.3 Å². The van der Waals surface area contributed by atoms with Gasteiger partial charge in [-0.2, -0.15) is 0 Å². The van der Waals surface area contributed by atoms with Crippen molar-refractivity contribution in [3.8, 4) is 0 Å². The summed E-state index contributed by atoms with van der Waals surface area (Å²) in [5.74, 6) is 0. The second kappa shape index (κ2) is 3.44. The Morgan fingerprint density at radius 1 is 1.20 bits per heavy atom. The molecule has 0 amide bonds. The van der Waals surface area contributed by atoms with E-state index in [-0.39, 0.29) is 9.45 Å². The lowest BCUT2D eigenvalue weighted by atomic mass is 10.1. The molecule has 0 saturated heterocycles. The molecule has 0 atom stereocenters. The van der Waals surface area contributed by atoms with Gasteiger partial charge in [0.1, 0.15) is 0 Å². The first kappa shape index (κ1) is 8.15. The summed E-state index contributed by atoms with van der Waals surface area (Å²) >= 11 is 5.16. The van der Waals surface area contributed by atoms with E-state index >= 15 is 0 Å². The van der Waals surface area contributed by atoms with Crippen LogP contribution in [0.2, 0.25) is 0 Å². The van der Waals surface area contributed by atoms with E-state index in [1.165, 1.54) is 11.1 Å². The maximum absolute atomic E-state index is 5.16. The molecule has 0 bridgehead atoms. The van der Waals surface area contributed by atoms with Gasteiger partial charge in [-0.05, 0) is 46.0 Å². The molecule has 56 valence electrons. The summed E-state index contributed by atoms with van der Waals surface area (Å²) in [6.45, 7) is 4.38. The molecule has 2 heteroatoms. The van der Waals surface area contributed by atoms with Crippen molar-refractivity contribution >= 4 is 20.6 Å². The highest BCUT2D eigenvalue weighted by molar-refractivity contribution is 8.32. The highest BCUT2D eigenvalue weighted by Gasteiger charge is 2.07. The predicted octanol–water partition coefficient (Wildman–Crippen LogP) is 2.67. The van der Waals surface area contributed by atoms with Crippen molar-refractivity contribution in [1.82, 2.24) is 0 Å². The summed E-state index contributed by atoms with van der Waals surface area (Å²) in [6, 6.07) is 0. The molecule has 0 unspecified atom stereocenters. The molecular formula is C8H12S2. The molecule has 0 fully saturated rings. The third-order valence-corrected chi connectivity index (χ3v) is 3.30. The Labute approximate surface area is 69.6 Å². The third-order valence-electron chi connectivity index (χ3n) is 1.69. The van der Waals surface area contributed by atoms with Crippen LogP contribution in [0.5, 0.6) is 0 Å². The molecule has 0 radical (unpaired) electrons. The number of hydrogen-bond acceptors (Lipinski definition) is 1. The zero-order valence-corrected chi connectivity index (χ0v) is 8.02. The predicted molar refractivity (Wildman–Crippen MR) is 51.5 cm³/mol. The van der Waals surface area contributed by atoms with E-state index in [2.05, 4.69) is 24.7 Å². The molecule has 0 aromatic rings. The highest BCUT2D eigenvalue weighted by atomic mass is 32.8. The SMILES string of the molecule is CCC1=CS(=S)C=C1CC. The fraction of sp³-hybridized carbons (Fsp3) is 0.500. The van der Waals surface area contributed by atoms with Gasteiger partial charge in [0.05, 0.1) is 0 Å². The molecule has 0 spiro atoms. The lowest BCUT2D eigenvalue weighted by Crippen LogP contribution is -1.80. The minimum Gasteiger partial charge on any atom is -0.0727 e. The lowest BCUT2D eigenvalue weighted by Gasteiger charge is -1.99. The molecule has 1 rings (SSSR count). The molecule has 1 aliphatic rings. The van der Waals surface area contributed by atoms with Gasteiger partial charge in [-0.15, -0.1) is 0 Å². The standard InChI is InChI=1S/C8H12S2/c1-3-7-5-10(9)6-8(7)4-2/h5-6H,3-4H2,1-2H3. The van der Waals surface area contributed by atoms with Crippen LogP contribution in [-0.4, -0.2) is 0 Å². The van der Waals surface area contributed by atoms with E-state index in [0.29, 0.717) is 0 Å². The molecule has 0 aromatic heterocycles. The van der Waals surface area contributed by atoms with Crippen LogP contribution in [0.15, 0.2) is 22.0 Å². The Morgan fingerprint density at radius 3 is 1.90 bits per heavy atom. The second-order valence-electron chi connectivity index (χ2n) is 2.32. The second-order valence-corrected chi connectivity index (χ2v) is 4.60. The summed E-state index contributed by atoms with van der Waals surface area (Å²) in [6.07, 6.45) is 2.28. The highest BCUT2D eigenvalue weighted by Crippen LogP contribution is 2.24. The summed E-state index contributed by atoms with van der Waals surface area (Å²) in [4.78, 5) is 0. The van der Waals surface area contributed by atoms with Gasteiger partial charge in [0, 0.05) is 0 Å². The number of rotatable bonds is 2. The van der Waals surface area contributed by atoms with Crippen molar-refractivity contribution in [2.24, 2.45) is 0 Å². The van der Waals surface area contributed by atoms with E-state index in [1.807, 2.05) is 0 Å². The van der Waals surface area contributed by atoms with Gasteiger partial charge in [-0.3, -0.25) is 0 Å². The van der Waals surface area contributed by atoms with Crippen molar-refractivity contribution in [3.63, 3.8) is 0 Å². The monoisotopic (exact) mass is 172 g/mol. The van der Waals surface area contributed by atoms with Gasteiger partial charge in [0.2, 0.25) is 0 Å². The van der Waals surface area contributed by atoms with Gasteiger partial charge >= 0.3 is 0 Å². The minimum absolute atomic E-state index is 0.0265. The maximum Gasteiger partial charge on any atom is -0.0170 e. The molecule has 1 aliphatic heterocycles. The Balaban J connectivity index is 2.83. The first-order chi connectivity index (χ1) is 4.77. The van der Waals surface area contributed by atoms with Crippen LogP contribution < -0.4 is 0 Å². The number of allylic oxidation sites excluding steroid dienone is 2. The van der Waals surface area contributed by atoms with Gasteiger partial charge < -0.3 is 0 Å². The lowest BCUT2D eigenvalue weighted by molar-refractivity contribution is 1.04. The third kappa shape index (κ3) is 1.55. The van der Waals surface area contributed by atoms with Crippen molar-refractivity contribution in [1.29, 1.82) is 0 Å². The van der Waals surface area contributed by atoms with Crippen molar-refractivity contribution in [2.45, 2.75) is 26.7 Å². The van der Waals surface area contributed by atoms with Crippen LogP contribution in [0.1, 0.15) is 26.7 Å². The summed E-state index contributed by atoms with van der Waals surface area (Å²) in [7, 11) is 0.0265. The smallest absolute Gasteiger partial charge is 0.0170 e. The summed E-state index contributed by atoms with van der Waals surface area (Å²) in [5.41, 5.74) is 2.95. The summed E-state index contributed by atoms with van der Waals surface area (Å²) < 4.78 is 0. The molecule has 0 N–H and O–H groups in total. The molecule has 0 aliphatic carbocycles. The van der Waals surface area contributed by atoms with Crippen LogP contribution in [0.4, 0.5) is 0 Å². The van der Waals surface area contributed by atoms with Gasteiger partial charge in [-0.25, -0.2) is 0 Å². The molecular weight excluding hydrogens is 160 g/mol. The Kier molecular flexibility index (Phi) is 2.81. The normalized spacial score (nSPS) is 19.0. The first-order valence-corrected chi connectivity index (χ1v) is 5.86. The van der Waals surface area contributed by atoms with Crippen LogP contribution >= 0.6 is 0 Å². The van der Waals surface area contributed by atoms with E-state index in [1.54, 1.807) is 0 Å². The van der Waals surface area contributed by atoms with Crippen LogP contribution in [0, 0.1) is 0 Å². The molecule has 1 heterocycles. The first-order valence-electron chi connectivity index (χ1n) is 3.59. The largest absolute Gasteiger partial charge is 0.0727 e. The zero-order valence-electron chi connectivity index (χ0n) is 6.39. The Morgan fingerprint density at radius 2 is 1.60 bits per heavy atom. The fourth-order valence-electron chi connectivity index (χ4n) is 1.09. The van der Waals surface area contributed by atoms with Crippen molar-refractivity contribution < 1.29 is 0 Å². The van der Waals surface area contributed by atoms with Crippen LogP contribution in [0.25, 0.3) is 0 Å². The van der Waals surface area contributed by atoms with Crippen molar-refractivity contribution in [2.75, 3.05) is 0 Å². The average molecular weight is 172 g/mol. The summed E-state index contributed by atoms with van der Waals surface area (Å²) in [5, 5.41) is 4.43. The van der Waals surface area contributed by atoms with Crippen molar-refractivity contribution in [3.05, 3.63) is 22.0 Å². The zero-order chi connectivity index (χ0) is 7.56. The topological polar surface area (TPSA) is 0 Å². The molecule has 10 heavy (non-hydrogen) atoms. The average Bonchev–Trinajstić information content (AvgIpc) is 2.30. The van der Waals surface area contributed by atoms with Gasteiger partial charge in [0.25, 0.3) is 0 Å². The van der Waals surface area contributed by atoms with E-state index in [0.717, 1.165) is 12.8 Å². The van der Waals surface area contributed by atoms with E-state index in [4.69, 9.17) is 11.2 Å².